The van der Waals surface area contributed by atoms with Crippen LogP contribution in [-0.2, 0) is 10.0 Å². The van der Waals surface area contributed by atoms with Crippen LogP contribution < -0.4 is 15.2 Å². The Labute approximate surface area is 252 Å². The van der Waals surface area contributed by atoms with Crippen molar-refractivity contribution in [2.45, 2.75) is 11.8 Å². The van der Waals surface area contributed by atoms with Crippen molar-refractivity contribution in [3.63, 3.8) is 0 Å². The SMILES string of the molecule is Cc1cc(Oc2c(F)cccc2F)ncc1-n1ncc(C(=O)c2cc3cc(F)c(NS(=O)(=O)c4cccc(F)c4)cc3[nH]2)c1N. The number of fused-ring (bicyclic) bond motifs is 1. The lowest BCUT2D eigenvalue weighted by molar-refractivity contribution is 0.103. The molecule has 0 aliphatic heterocycles. The number of nitrogen functional groups attached to an aromatic ring is 1. The van der Waals surface area contributed by atoms with Gasteiger partial charge in [-0.05, 0) is 61.0 Å². The summed E-state index contributed by atoms with van der Waals surface area (Å²) in [4.78, 5) is 19.9. The largest absolute Gasteiger partial charge is 0.433 e. The Morgan fingerprint density at radius 3 is 2.40 bits per heavy atom. The Bertz CT molecular complexity index is 2230. The van der Waals surface area contributed by atoms with Gasteiger partial charge in [0.2, 0.25) is 17.4 Å². The molecule has 3 heterocycles. The number of hydrogen-bond acceptors (Lipinski definition) is 7. The number of benzene rings is 3. The summed E-state index contributed by atoms with van der Waals surface area (Å²) < 4.78 is 90.4. The predicted octanol–water partition coefficient (Wildman–Crippen LogP) is 6.02. The standard InChI is InChI=1S/C30H20F4N6O4S/c1-15-8-27(44-29-20(32)6-3-7-21(29)33)36-14-26(15)40-30(35)19(13-37-40)28(41)25-10-16-9-22(34)24(12-23(16)38-25)39-45(42,43)18-5-2-4-17(31)11-18/h2-14,38-39H,35H2,1H3. The molecule has 4 N–H and O–H groups in total. The number of aryl methyl sites for hydroxylation is 1. The van der Waals surface area contributed by atoms with Crippen molar-refractivity contribution in [3.8, 4) is 17.3 Å². The van der Waals surface area contributed by atoms with Crippen molar-refractivity contribution in [1.29, 1.82) is 0 Å². The molecule has 6 aromatic rings. The number of halogens is 4. The molecule has 228 valence electrons. The molecule has 3 aromatic heterocycles. The van der Waals surface area contributed by atoms with Crippen LogP contribution in [0.1, 0.15) is 21.6 Å². The van der Waals surface area contributed by atoms with Gasteiger partial charge in [-0.3, -0.25) is 9.52 Å². The lowest BCUT2D eigenvalue weighted by Crippen LogP contribution is -2.14. The summed E-state index contributed by atoms with van der Waals surface area (Å²) in [6.07, 6.45) is 2.53. The summed E-state index contributed by atoms with van der Waals surface area (Å²) in [6, 6.07) is 12.5. The molecule has 0 amide bonds. The van der Waals surface area contributed by atoms with Gasteiger partial charge in [0.05, 0.1) is 39.9 Å². The first kappa shape index (κ1) is 29.4. The van der Waals surface area contributed by atoms with Gasteiger partial charge >= 0.3 is 0 Å². The summed E-state index contributed by atoms with van der Waals surface area (Å²) in [5.41, 5.74) is 6.91. The number of aromatic nitrogens is 4. The molecule has 10 nitrogen and oxygen atoms in total. The Balaban J connectivity index is 1.26. The van der Waals surface area contributed by atoms with Crippen LogP contribution in [0.25, 0.3) is 16.6 Å². The van der Waals surface area contributed by atoms with Gasteiger partial charge in [-0.2, -0.15) is 5.10 Å². The van der Waals surface area contributed by atoms with Gasteiger partial charge in [0, 0.05) is 17.0 Å². The normalized spacial score (nSPS) is 11.6. The molecule has 0 bridgehead atoms. The van der Waals surface area contributed by atoms with Crippen molar-refractivity contribution in [2.75, 3.05) is 10.5 Å². The van der Waals surface area contributed by atoms with Gasteiger partial charge in [0.15, 0.2) is 11.6 Å². The Morgan fingerprint density at radius 2 is 1.69 bits per heavy atom. The highest BCUT2D eigenvalue weighted by atomic mass is 32.2. The van der Waals surface area contributed by atoms with E-state index in [1.54, 1.807) is 6.92 Å². The van der Waals surface area contributed by atoms with Crippen LogP contribution in [0.15, 0.2) is 84.0 Å². The first-order valence-electron chi connectivity index (χ1n) is 13.0. The van der Waals surface area contributed by atoms with E-state index in [1.807, 2.05) is 0 Å². The maximum Gasteiger partial charge on any atom is 0.262 e. The first-order valence-corrected chi connectivity index (χ1v) is 14.5. The fourth-order valence-electron chi connectivity index (χ4n) is 4.55. The number of ketones is 1. The predicted molar refractivity (Wildman–Crippen MR) is 156 cm³/mol. The van der Waals surface area contributed by atoms with Crippen LogP contribution >= 0.6 is 0 Å². The monoisotopic (exact) mass is 636 g/mol. The van der Waals surface area contributed by atoms with E-state index in [2.05, 4.69) is 19.8 Å². The number of para-hydroxylation sites is 1. The number of nitrogens with zero attached hydrogens (tertiary/aromatic N) is 3. The van der Waals surface area contributed by atoms with Crippen molar-refractivity contribution >= 4 is 38.2 Å². The summed E-state index contributed by atoms with van der Waals surface area (Å²) in [7, 11) is -4.32. The number of carbonyl (C=O) groups is 1. The third-order valence-corrected chi connectivity index (χ3v) is 8.13. The van der Waals surface area contributed by atoms with Gasteiger partial charge in [-0.25, -0.2) is 35.6 Å². The van der Waals surface area contributed by atoms with E-state index < -0.39 is 55.4 Å². The molecule has 0 unspecified atom stereocenters. The van der Waals surface area contributed by atoms with Crippen LogP contribution in [0.3, 0.4) is 0 Å². The van der Waals surface area contributed by atoms with Crippen molar-refractivity contribution in [2.24, 2.45) is 0 Å². The minimum Gasteiger partial charge on any atom is -0.433 e. The van der Waals surface area contributed by atoms with Crippen molar-refractivity contribution in [3.05, 3.63) is 119 Å². The average molecular weight is 637 g/mol. The Hall–Kier alpha value is -5.70. The number of rotatable bonds is 8. The minimum atomic E-state index is -4.32. The summed E-state index contributed by atoms with van der Waals surface area (Å²) in [6.45, 7) is 1.65. The van der Waals surface area contributed by atoms with E-state index in [0.29, 0.717) is 11.3 Å². The number of aromatic amines is 1. The molecule has 0 atom stereocenters. The molecule has 45 heavy (non-hydrogen) atoms. The zero-order valence-electron chi connectivity index (χ0n) is 23.0. The molecule has 0 aliphatic rings. The Morgan fingerprint density at radius 1 is 0.956 bits per heavy atom. The lowest BCUT2D eigenvalue weighted by atomic mass is 10.1. The third-order valence-electron chi connectivity index (χ3n) is 6.77. The van der Waals surface area contributed by atoms with Gasteiger partial charge in [-0.15, -0.1) is 0 Å². The van der Waals surface area contributed by atoms with E-state index in [9.17, 15) is 30.8 Å². The molecule has 0 saturated carbocycles. The molecule has 0 saturated heterocycles. The van der Waals surface area contributed by atoms with Gasteiger partial charge in [0.1, 0.15) is 17.5 Å². The number of nitrogens with two attached hydrogens (primary N) is 1. The van der Waals surface area contributed by atoms with E-state index in [1.165, 1.54) is 41.3 Å². The Kier molecular flexibility index (Phi) is 7.24. The maximum absolute atomic E-state index is 14.9. The smallest absolute Gasteiger partial charge is 0.262 e. The van der Waals surface area contributed by atoms with E-state index in [4.69, 9.17) is 10.5 Å². The zero-order valence-corrected chi connectivity index (χ0v) is 23.8. The van der Waals surface area contributed by atoms with E-state index >= 15 is 0 Å². The quantitative estimate of drug-likeness (QED) is 0.137. The van der Waals surface area contributed by atoms with Crippen LogP contribution in [0, 0.1) is 30.2 Å². The number of H-pyrrole nitrogens is 1. The molecule has 6 rings (SSSR count). The molecule has 3 aromatic carbocycles. The van der Waals surface area contributed by atoms with E-state index in [-0.39, 0.29) is 33.9 Å². The van der Waals surface area contributed by atoms with Crippen molar-refractivity contribution < 1.29 is 35.5 Å². The fourth-order valence-corrected chi connectivity index (χ4v) is 5.64. The molecule has 0 aliphatic carbocycles. The third kappa shape index (κ3) is 5.56. The number of nitrogens with one attached hydrogen (secondary N) is 2. The number of carbonyl (C=O) groups excluding carboxylic acids is 1. The number of anilines is 2. The van der Waals surface area contributed by atoms with Gasteiger partial charge < -0.3 is 15.5 Å². The van der Waals surface area contributed by atoms with Gasteiger partial charge in [0.25, 0.3) is 10.0 Å². The van der Waals surface area contributed by atoms with Crippen LogP contribution in [0.5, 0.6) is 11.6 Å². The highest BCUT2D eigenvalue weighted by molar-refractivity contribution is 7.92. The topological polar surface area (TPSA) is 145 Å². The maximum atomic E-state index is 14.9. The highest BCUT2D eigenvalue weighted by Gasteiger charge is 2.23. The number of ether oxygens (including phenoxy) is 1. The second-order valence-corrected chi connectivity index (χ2v) is 11.5. The molecular formula is C30H20F4N6O4S. The number of hydrogen-bond donors (Lipinski definition) is 3. The zero-order chi connectivity index (χ0) is 32.0. The van der Waals surface area contributed by atoms with E-state index in [0.717, 1.165) is 42.5 Å². The second kappa shape index (κ2) is 11.1. The molecule has 15 heteroatoms. The molecule has 0 radical (unpaired) electrons. The van der Waals surface area contributed by atoms with Crippen LogP contribution in [0.2, 0.25) is 0 Å². The summed E-state index contributed by atoms with van der Waals surface area (Å²) in [5.74, 6) is -4.88. The van der Waals surface area contributed by atoms with Crippen LogP contribution in [-0.4, -0.2) is 33.9 Å². The average Bonchev–Trinajstić information content (AvgIpc) is 3.58. The molecule has 0 fully saturated rings. The molecular weight excluding hydrogens is 616 g/mol. The van der Waals surface area contributed by atoms with Crippen molar-refractivity contribution in [1.82, 2.24) is 19.7 Å². The number of pyridine rings is 1. The van der Waals surface area contributed by atoms with Crippen LogP contribution in [0.4, 0.5) is 29.1 Å². The van der Waals surface area contributed by atoms with Gasteiger partial charge in [-0.1, -0.05) is 12.1 Å². The first-order chi connectivity index (χ1) is 21.4. The minimum absolute atomic E-state index is 0.00583. The second-order valence-electron chi connectivity index (χ2n) is 9.81. The summed E-state index contributed by atoms with van der Waals surface area (Å²) >= 11 is 0. The number of sulfonamides is 1. The molecule has 0 spiro atoms. The lowest BCUT2D eigenvalue weighted by Gasteiger charge is -2.11. The fraction of sp³-hybridized carbons (Fsp3) is 0.0333. The highest BCUT2D eigenvalue weighted by Crippen LogP contribution is 2.30. The summed E-state index contributed by atoms with van der Waals surface area (Å²) in [5, 5.41) is 4.45.